The highest BCUT2D eigenvalue weighted by Crippen LogP contribution is 2.34. The average molecular weight is 419 g/mol. The van der Waals surface area contributed by atoms with Crippen molar-refractivity contribution in [2.75, 3.05) is 28.2 Å². The molecule has 3 aromatic rings. The minimum Gasteiger partial charge on any atom is -0.504 e. The Balaban J connectivity index is 1.60. The van der Waals surface area contributed by atoms with Crippen LogP contribution in [0.4, 0.5) is 23.0 Å². The lowest BCUT2D eigenvalue weighted by atomic mass is 9.98. The van der Waals surface area contributed by atoms with E-state index >= 15 is 0 Å². The van der Waals surface area contributed by atoms with Gasteiger partial charge in [-0.2, -0.15) is 0 Å². The third-order valence-corrected chi connectivity index (χ3v) is 5.99. The summed E-state index contributed by atoms with van der Waals surface area (Å²) < 4.78 is 0. The summed E-state index contributed by atoms with van der Waals surface area (Å²) in [5.74, 6) is 1.63. The van der Waals surface area contributed by atoms with E-state index in [1.807, 2.05) is 0 Å². The van der Waals surface area contributed by atoms with Gasteiger partial charge in [-0.05, 0) is 70.0 Å². The summed E-state index contributed by atoms with van der Waals surface area (Å²) in [5.41, 5.74) is 5.59. The molecule has 1 aromatic carbocycles. The lowest BCUT2D eigenvalue weighted by molar-refractivity contribution is 0.463. The van der Waals surface area contributed by atoms with Gasteiger partial charge in [0.25, 0.3) is 0 Å². The maximum Gasteiger partial charge on any atom is 0.171 e. The molecule has 3 heterocycles. The molecular formula is C24H30N6O. The smallest absolute Gasteiger partial charge is 0.171 e. The molecule has 0 saturated carbocycles. The molecule has 4 rings (SSSR count). The van der Waals surface area contributed by atoms with Crippen molar-refractivity contribution in [1.82, 2.24) is 15.0 Å². The summed E-state index contributed by atoms with van der Waals surface area (Å²) in [7, 11) is 0. The zero-order valence-corrected chi connectivity index (χ0v) is 18.6. The van der Waals surface area contributed by atoms with Crippen molar-refractivity contribution in [2.45, 2.75) is 46.7 Å². The van der Waals surface area contributed by atoms with Gasteiger partial charge in [0.2, 0.25) is 0 Å². The van der Waals surface area contributed by atoms with E-state index in [0.29, 0.717) is 12.4 Å². The molecule has 0 fully saturated rings. The highest BCUT2D eigenvalue weighted by atomic mass is 16.3. The number of aromatic hydroxyl groups is 1. The van der Waals surface area contributed by atoms with E-state index in [1.165, 1.54) is 11.3 Å². The fourth-order valence-corrected chi connectivity index (χ4v) is 4.31. The number of anilines is 4. The van der Waals surface area contributed by atoms with Crippen molar-refractivity contribution in [3.63, 3.8) is 0 Å². The number of nitrogens with one attached hydrogen (secondary N) is 1. The van der Waals surface area contributed by atoms with Gasteiger partial charge in [-0.1, -0.05) is 0 Å². The van der Waals surface area contributed by atoms with E-state index in [9.17, 15) is 5.11 Å². The summed E-state index contributed by atoms with van der Waals surface area (Å²) in [6.07, 6.45) is 4.07. The van der Waals surface area contributed by atoms with Gasteiger partial charge in [-0.3, -0.25) is 0 Å². The normalized spacial score (nSPS) is 15.5. The third-order valence-electron chi connectivity index (χ3n) is 5.99. The van der Waals surface area contributed by atoms with E-state index < -0.39 is 0 Å². The van der Waals surface area contributed by atoms with Crippen LogP contribution < -0.4 is 15.1 Å². The number of rotatable bonds is 6. The Morgan fingerprint density at radius 3 is 2.68 bits per heavy atom. The molecule has 0 radical (unpaired) electrons. The number of benzene rings is 1. The lowest BCUT2D eigenvalue weighted by Crippen LogP contribution is -2.39. The summed E-state index contributed by atoms with van der Waals surface area (Å²) in [6, 6.07) is 10.0. The summed E-state index contributed by atoms with van der Waals surface area (Å²) >= 11 is 0. The van der Waals surface area contributed by atoms with Crippen LogP contribution in [0.2, 0.25) is 0 Å². The molecule has 31 heavy (non-hydrogen) atoms. The van der Waals surface area contributed by atoms with Crippen molar-refractivity contribution in [3.05, 3.63) is 59.7 Å². The monoisotopic (exact) mass is 418 g/mol. The fraction of sp³-hybridized carbons (Fsp3) is 0.375. The molecule has 1 aliphatic heterocycles. The predicted octanol–water partition coefficient (Wildman–Crippen LogP) is 4.43. The van der Waals surface area contributed by atoms with Crippen LogP contribution in [0.1, 0.15) is 37.6 Å². The first-order valence-electron chi connectivity index (χ1n) is 10.9. The summed E-state index contributed by atoms with van der Waals surface area (Å²) in [4.78, 5) is 17.9. The summed E-state index contributed by atoms with van der Waals surface area (Å²) in [6.45, 7) is 11.2. The Bertz CT molecular complexity index is 1070. The molecule has 1 unspecified atom stereocenters. The van der Waals surface area contributed by atoms with E-state index in [2.05, 4.69) is 76.0 Å². The van der Waals surface area contributed by atoms with Crippen molar-refractivity contribution in [2.24, 2.45) is 0 Å². The standard InChI is InChI=1S/C24H30N6O/c1-5-29(6-2)21-10-9-18(12-16(21)3)28-23-19-13-17(4)30(14-20(19)26-15-27-23)24-22(31)8-7-11-25-24/h7-12,15,17,31H,5-6,13-14H2,1-4H3,(H,26,27,28). The second-order valence-electron chi connectivity index (χ2n) is 7.97. The average Bonchev–Trinajstić information content (AvgIpc) is 2.76. The number of nitrogens with zero attached hydrogens (tertiary/aromatic N) is 5. The molecule has 1 aliphatic rings. The maximum atomic E-state index is 10.2. The molecule has 7 nitrogen and oxygen atoms in total. The molecule has 0 saturated heterocycles. The fourth-order valence-electron chi connectivity index (χ4n) is 4.31. The SMILES string of the molecule is CCN(CC)c1ccc(Nc2ncnc3c2CC(C)N(c2ncccc2O)C3)cc1C. The number of hydrogen-bond donors (Lipinski definition) is 2. The zero-order valence-electron chi connectivity index (χ0n) is 18.6. The second kappa shape index (κ2) is 8.79. The molecule has 7 heteroatoms. The van der Waals surface area contributed by atoms with Crippen molar-refractivity contribution < 1.29 is 5.11 Å². The van der Waals surface area contributed by atoms with E-state index in [0.717, 1.165) is 42.3 Å². The van der Waals surface area contributed by atoms with Gasteiger partial charge in [0.05, 0.1) is 12.2 Å². The molecular weight excluding hydrogens is 388 g/mol. The minimum atomic E-state index is 0.159. The topological polar surface area (TPSA) is 77.4 Å². The first kappa shape index (κ1) is 20.9. The van der Waals surface area contributed by atoms with Crippen LogP contribution in [0.3, 0.4) is 0 Å². The lowest BCUT2D eigenvalue weighted by Gasteiger charge is -2.35. The summed E-state index contributed by atoms with van der Waals surface area (Å²) in [5, 5.41) is 13.8. The molecule has 2 aromatic heterocycles. The van der Waals surface area contributed by atoms with Gasteiger partial charge < -0.3 is 20.2 Å². The Morgan fingerprint density at radius 1 is 1.16 bits per heavy atom. The van der Waals surface area contributed by atoms with E-state index in [1.54, 1.807) is 24.7 Å². The Labute approximate surface area is 183 Å². The third kappa shape index (κ3) is 4.13. The van der Waals surface area contributed by atoms with Gasteiger partial charge in [0, 0.05) is 42.3 Å². The van der Waals surface area contributed by atoms with Crippen molar-refractivity contribution in [1.29, 1.82) is 0 Å². The molecule has 0 aliphatic carbocycles. The molecule has 162 valence electrons. The highest BCUT2D eigenvalue weighted by molar-refractivity contribution is 5.67. The van der Waals surface area contributed by atoms with Gasteiger partial charge >= 0.3 is 0 Å². The maximum absolute atomic E-state index is 10.2. The van der Waals surface area contributed by atoms with Crippen molar-refractivity contribution >= 4 is 23.0 Å². The second-order valence-corrected chi connectivity index (χ2v) is 7.97. The minimum absolute atomic E-state index is 0.159. The first-order valence-corrected chi connectivity index (χ1v) is 10.9. The number of hydrogen-bond acceptors (Lipinski definition) is 7. The largest absolute Gasteiger partial charge is 0.504 e. The highest BCUT2D eigenvalue weighted by Gasteiger charge is 2.28. The predicted molar refractivity (Wildman–Crippen MR) is 125 cm³/mol. The van der Waals surface area contributed by atoms with Crippen LogP contribution in [0.15, 0.2) is 42.9 Å². The Hall–Kier alpha value is -3.35. The first-order chi connectivity index (χ1) is 15.0. The van der Waals surface area contributed by atoms with Gasteiger partial charge in [0.15, 0.2) is 11.6 Å². The zero-order chi connectivity index (χ0) is 22.0. The van der Waals surface area contributed by atoms with Crippen LogP contribution >= 0.6 is 0 Å². The number of pyridine rings is 1. The molecule has 0 amide bonds. The number of aryl methyl sites for hydroxylation is 1. The van der Waals surface area contributed by atoms with Crippen LogP contribution in [-0.2, 0) is 13.0 Å². The quantitative estimate of drug-likeness (QED) is 0.613. The molecule has 0 bridgehead atoms. The van der Waals surface area contributed by atoms with Crippen molar-refractivity contribution in [3.8, 4) is 5.75 Å². The van der Waals surface area contributed by atoms with Gasteiger partial charge in [0.1, 0.15) is 12.1 Å². The van der Waals surface area contributed by atoms with Gasteiger partial charge in [-0.25, -0.2) is 15.0 Å². The van der Waals surface area contributed by atoms with Crippen LogP contribution in [0.25, 0.3) is 0 Å². The van der Waals surface area contributed by atoms with E-state index in [4.69, 9.17) is 0 Å². The van der Waals surface area contributed by atoms with Crippen LogP contribution in [-0.4, -0.2) is 39.2 Å². The van der Waals surface area contributed by atoms with E-state index in [-0.39, 0.29) is 11.8 Å². The van der Waals surface area contributed by atoms with Gasteiger partial charge in [-0.15, -0.1) is 0 Å². The van der Waals surface area contributed by atoms with Crippen LogP contribution in [0, 0.1) is 6.92 Å². The Kier molecular flexibility index (Phi) is 5.93. The molecule has 1 atom stereocenters. The van der Waals surface area contributed by atoms with Crippen LogP contribution in [0.5, 0.6) is 5.75 Å². The molecule has 0 spiro atoms. The Morgan fingerprint density at radius 2 is 1.97 bits per heavy atom. The number of fused-ring (bicyclic) bond motifs is 1. The number of aromatic nitrogens is 3. The molecule has 2 N–H and O–H groups in total.